The van der Waals surface area contributed by atoms with Crippen molar-refractivity contribution in [3.8, 4) is 0 Å². The number of aryl methyl sites for hydroxylation is 2. The van der Waals surface area contributed by atoms with Gasteiger partial charge in [-0.15, -0.1) is 11.3 Å². The minimum Gasteiger partial charge on any atom is -0.347 e. The average Bonchev–Trinajstić information content (AvgIpc) is 3.43. The lowest BCUT2D eigenvalue weighted by Gasteiger charge is -2.24. The third-order valence-corrected chi connectivity index (χ3v) is 6.50. The van der Waals surface area contributed by atoms with Crippen LogP contribution < -0.4 is 16.6 Å². The highest BCUT2D eigenvalue weighted by atomic mass is 32.1. The van der Waals surface area contributed by atoms with Gasteiger partial charge in [0.15, 0.2) is 11.2 Å². The number of hydrogen-bond acceptors (Lipinski definition) is 5. The molecule has 1 atom stereocenters. The monoisotopic (exact) mass is 401 g/mol. The lowest BCUT2D eigenvalue weighted by Crippen LogP contribution is -2.44. The quantitative estimate of drug-likeness (QED) is 0.702. The Labute approximate surface area is 165 Å². The van der Waals surface area contributed by atoms with Crippen LogP contribution >= 0.6 is 11.3 Å². The lowest BCUT2D eigenvalue weighted by molar-refractivity contribution is -0.122. The van der Waals surface area contributed by atoms with Crippen LogP contribution in [0.25, 0.3) is 11.2 Å². The zero-order valence-corrected chi connectivity index (χ0v) is 16.7. The largest absolute Gasteiger partial charge is 0.347 e. The van der Waals surface area contributed by atoms with Crippen LogP contribution in [0, 0.1) is 5.92 Å². The minimum absolute atomic E-state index is 0.0741. The number of nitrogens with one attached hydrogen (secondary N) is 1. The molecule has 3 heterocycles. The number of rotatable bonds is 5. The van der Waals surface area contributed by atoms with Crippen molar-refractivity contribution in [3.63, 3.8) is 0 Å². The molecule has 1 aliphatic rings. The summed E-state index contributed by atoms with van der Waals surface area (Å²) < 4.78 is 3.86. The van der Waals surface area contributed by atoms with Crippen LogP contribution in [0.1, 0.15) is 36.6 Å². The molecule has 28 heavy (non-hydrogen) atoms. The Hall–Kier alpha value is -2.68. The number of nitrogens with zero attached hydrogens (tertiary/aromatic N) is 4. The van der Waals surface area contributed by atoms with Gasteiger partial charge >= 0.3 is 5.69 Å². The molecule has 1 fully saturated rings. The zero-order valence-electron chi connectivity index (χ0n) is 15.9. The van der Waals surface area contributed by atoms with E-state index in [1.54, 1.807) is 30.0 Å². The first-order valence-electron chi connectivity index (χ1n) is 9.41. The second kappa shape index (κ2) is 7.38. The van der Waals surface area contributed by atoms with Gasteiger partial charge in [0.2, 0.25) is 5.91 Å². The molecule has 1 amide bonds. The smallest absolute Gasteiger partial charge is 0.332 e. The predicted molar refractivity (Wildman–Crippen MR) is 107 cm³/mol. The molecule has 9 heteroatoms. The summed E-state index contributed by atoms with van der Waals surface area (Å²) in [6.45, 7) is -0.304. The molecule has 0 bridgehead atoms. The third kappa shape index (κ3) is 3.19. The van der Waals surface area contributed by atoms with Gasteiger partial charge in [-0.2, -0.15) is 0 Å². The maximum absolute atomic E-state index is 12.8. The molecule has 0 radical (unpaired) electrons. The van der Waals surface area contributed by atoms with Crippen molar-refractivity contribution < 1.29 is 4.79 Å². The summed E-state index contributed by atoms with van der Waals surface area (Å²) in [7, 11) is 3.25. The number of aromatic nitrogens is 4. The van der Waals surface area contributed by atoms with E-state index in [1.165, 1.54) is 23.7 Å². The van der Waals surface area contributed by atoms with E-state index >= 15 is 0 Å². The summed E-state index contributed by atoms with van der Waals surface area (Å²) in [6.07, 6.45) is 5.97. The fraction of sp³-hybridized carbons (Fsp3) is 0.474. The molecule has 8 nitrogen and oxygen atoms in total. The first-order valence-corrected chi connectivity index (χ1v) is 10.3. The normalized spacial score (nSPS) is 15.9. The highest BCUT2D eigenvalue weighted by Gasteiger charge is 2.29. The van der Waals surface area contributed by atoms with E-state index in [0.29, 0.717) is 17.1 Å². The van der Waals surface area contributed by atoms with E-state index in [4.69, 9.17) is 0 Å². The molecular weight excluding hydrogens is 378 g/mol. The van der Waals surface area contributed by atoms with Gasteiger partial charge < -0.3 is 9.88 Å². The summed E-state index contributed by atoms with van der Waals surface area (Å²) in [5.41, 5.74) is -0.418. The van der Waals surface area contributed by atoms with E-state index in [0.717, 1.165) is 22.3 Å². The second-order valence-corrected chi connectivity index (χ2v) is 8.34. The molecule has 0 spiro atoms. The minimum atomic E-state index is -0.542. The highest BCUT2D eigenvalue weighted by molar-refractivity contribution is 7.10. The van der Waals surface area contributed by atoms with Gasteiger partial charge in [0.05, 0.1) is 12.4 Å². The Morgan fingerprint density at radius 1 is 1.32 bits per heavy atom. The first kappa shape index (κ1) is 18.7. The molecule has 3 aromatic rings. The SMILES string of the molecule is Cn1cnc2c1c(=O)n(CC(=O)NC(c1cccs1)C1CCCC1)c(=O)n2C. The van der Waals surface area contributed by atoms with E-state index in [2.05, 4.69) is 10.3 Å². The average molecular weight is 401 g/mol. The molecule has 0 aliphatic heterocycles. The molecule has 1 unspecified atom stereocenters. The Kier molecular flexibility index (Phi) is 4.92. The summed E-state index contributed by atoms with van der Waals surface area (Å²) in [5, 5.41) is 5.08. The van der Waals surface area contributed by atoms with Gasteiger partial charge in [0.1, 0.15) is 6.54 Å². The maximum atomic E-state index is 12.8. The van der Waals surface area contributed by atoms with Crippen LogP contribution in [0.2, 0.25) is 0 Å². The predicted octanol–water partition coefficient (Wildman–Crippen LogP) is 1.54. The Morgan fingerprint density at radius 3 is 2.75 bits per heavy atom. The fourth-order valence-electron chi connectivity index (χ4n) is 4.08. The third-order valence-electron chi connectivity index (χ3n) is 5.54. The van der Waals surface area contributed by atoms with Crippen molar-refractivity contribution in [3.05, 3.63) is 49.6 Å². The number of amides is 1. The summed E-state index contributed by atoms with van der Waals surface area (Å²) in [4.78, 5) is 43.5. The van der Waals surface area contributed by atoms with Crippen LogP contribution in [-0.2, 0) is 25.4 Å². The summed E-state index contributed by atoms with van der Waals surface area (Å²) in [6, 6.07) is 3.93. The Bertz CT molecular complexity index is 1120. The van der Waals surface area contributed by atoms with Crippen molar-refractivity contribution in [2.45, 2.75) is 38.3 Å². The second-order valence-electron chi connectivity index (χ2n) is 7.37. The van der Waals surface area contributed by atoms with E-state index in [1.807, 2.05) is 17.5 Å². The van der Waals surface area contributed by atoms with Crippen molar-refractivity contribution >= 4 is 28.4 Å². The number of carbonyl (C=O) groups is 1. The highest BCUT2D eigenvalue weighted by Crippen LogP contribution is 2.37. The van der Waals surface area contributed by atoms with Crippen LogP contribution in [0.4, 0.5) is 0 Å². The van der Waals surface area contributed by atoms with E-state index in [9.17, 15) is 14.4 Å². The molecule has 4 rings (SSSR count). The molecular formula is C19H23N5O3S. The van der Waals surface area contributed by atoms with Crippen LogP contribution in [0.5, 0.6) is 0 Å². The van der Waals surface area contributed by atoms with Gasteiger partial charge in [-0.05, 0) is 30.2 Å². The van der Waals surface area contributed by atoms with Crippen molar-refractivity contribution in [2.24, 2.45) is 20.0 Å². The van der Waals surface area contributed by atoms with Gasteiger partial charge in [-0.1, -0.05) is 18.9 Å². The van der Waals surface area contributed by atoms with Crippen LogP contribution in [0.15, 0.2) is 33.4 Å². The zero-order chi connectivity index (χ0) is 19.8. The summed E-state index contributed by atoms with van der Waals surface area (Å²) in [5.74, 6) is 0.0627. The standard InChI is InChI=1S/C19H23N5O3S/c1-22-11-20-17-16(22)18(26)24(19(27)23(17)2)10-14(25)21-15(12-6-3-4-7-12)13-8-5-9-28-13/h5,8-9,11-12,15H,3-4,6-7,10H2,1-2H3,(H,21,25). The molecule has 1 aliphatic carbocycles. The van der Waals surface area contributed by atoms with E-state index in [-0.39, 0.29) is 18.5 Å². The van der Waals surface area contributed by atoms with Crippen LogP contribution in [-0.4, -0.2) is 24.6 Å². The molecule has 1 saturated carbocycles. The molecule has 0 aromatic carbocycles. The van der Waals surface area contributed by atoms with Crippen molar-refractivity contribution in [1.82, 2.24) is 24.0 Å². The van der Waals surface area contributed by atoms with Gasteiger partial charge in [0, 0.05) is 19.0 Å². The number of imidazole rings is 1. The molecule has 1 N–H and O–H groups in total. The van der Waals surface area contributed by atoms with E-state index < -0.39 is 11.2 Å². The van der Waals surface area contributed by atoms with Crippen molar-refractivity contribution in [1.29, 1.82) is 0 Å². The van der Waals surface area contributed by atoms with Gasteiger partial charge in [0.25, 0.3) is 5.56 Å². The van der Waals surface area contributed by atoms with Gasteiger partial charge in [-0.3, -0.25) is 14.2 Å². The van der Waals surface area contributed by atoms with Crippen LogP contribution in [0.3, 0.4) is 0 Å². The molecule has 148 valence electrons. The lowest BCUT2D eigenvalue weighted by atomic mass is 9.96. The maximum Gasteiger partial charge on any atom is 0.332 e. The number of carbonyl (C=O) groups excluding carboxylic acids is 1. The number of thiophene rings is 1. The Balaban J connectivity index is 1.64. The van der Waals surface area contributed by atoms with Crippen molar-refractivity contribution in [2.75, 3.05) is 0 Å². The molecule has 0 saturated heterocycles. The number of fused-ring (bicyclic) bond motifs is 1. The first-order chi connectivity index (χ1) is 13.5. The number of hydrogen-bond donors (Lipinski definition) is 1. The Morgan fingerprint density at radius 2 is 2.07 bits per heavy atom. The molecule has 3 aromatic heterocycles. The topological polar surface area (TPSA) is 90.9 Å². The fourth-order valence-corrected chi connectivity index (χ4v) is 4.95. The van der Waals surface area contributed by atoms with Gasteiger partial charge in [-0.25, -0.2) is 14.3 Å². The summed E-state index contributed by atoms with van der Waals surface area (Å²) >= 11 is 1.62.